The number of hydrogen-bond donors (Lipinski definition) is 0. The van der Waals surface area contributed by atoms with Gasteiger partial charge >= 0.3 is 0 Å². The number of fused-ring (bicyclic) bond motifs is 3. The Labute approximate surface area is 131 Å². The molecule has 2 aliphatic heterocycles. The third-order valence-electron chi connectivity index (χ3n) is 3.50. The summed E-state index contributed by atoms with van der Waals surface area (Å²) in [5.74, 6) is 0.772. The number of azo groups is 1. The molecule has 0 aliphatic carbocycles. The second-order valence-corrected chi connectivity index (χ2v) is 6.10. The lowest BCUT2D eigenvalue weighted by Crippen LogP contribution is -2.25. The maximum Gasteiger partial charge on any atom is 0.176 e. The molecule has 0 saturated heterocycles. The first-order valence-electron chi connectivity index (χ1n) is 6.56. The molecular weight excluding hydrogens is 304 g/mol. The highest BCUT2D eigenvalue weighted by atomic mass is 35.5. The van der Waals surface area contributed by atoms with Gasteiger partial charge < -0.3 is 0 Å². The van der Waals surface area contributed by atoms with Gasteiger partial charge in [-0.15, -0.1) is 16.5 Å². The van der Waals surface area contributed by atoms with Gasteiger partial charge in [0.15, 0.2) is 5.82 Å². The molecule has 0 radical (unpaired) electrons. The number of benzene rings is 1. The summed E-state index contributed by atoms with van der Waals surface area (Å²) in [6.07, 6.45) is 1.76. The lowest BCUT2D eigenvalue weighted by Gasteiger charge is -2.20. The van der Waals surface area contributed by atoms with Crippen molar-refractivity contribution in [2.75, 3.05) is 4.90 Å². The van der Waals surface area contributed by atoms with Gasteiger partial charge in [-0.3, -0.25) is 9.89 Å². The monoisotopic (exact) mass is 314 g/mol. The molecule has 1 unspecified atom stereocenters. The summed E-state index contributed by atoms with van der Waals surface area (Å²) in [5, 5.41) is 12.3. The number of hydrogen-bond acceptors (Lipinski definition) is 5. The number of aliphatic imine (C=N–C) groups is 1. The minimum Gasteiger partial charge on any atom is -0.290 e. The Morgan fingerprint density at radius 2 is 2.05 bits per heavy atom. The van der Waals surface area contributed by atoms with Crippen molar-refractivity contribution in [1.82, 2.24) is 0 Å². The van der Waals surface area contributed by atoms with Gasteiger partial charge in [-0.05, 0) is 24.4 Å². The highest BCUT2D eigenvalue weighted by Gasteiger charge is 2.30. The molecule has 21 heavy (non-hydrogen) atoms. The Hall–Kier alpha value is -1.98. The van der Waals surface area contributed by atoms with Crippen LogP contribution >= 0.6 is 22.9 Å². The number of thiophene rings is 1. The number of halogens is 1. The van der Waals surface area contributed by atoms with Crippen molar-refractivity contribution in [2.24, 2.45) is 15.2 Å². The minimum atomic E-state index is -0.00514. The fraction of sp³-hybridized carbons (Fsp3) is 0.133. The van der Waals surface area contributed by atoms with Crippen LogP contribution in [0.1, 0.15) is 18.1 Å². The Morgan fingerprint density at radius 3 is 2.90 bits per heavy atom. The quantitative estimate of drug-likeness (QED) is 0.754. The van der Waals surface area contributed by atoms with Crippen LogP contribution in [0, 0.1) is 0 Å². The first-order chi connectivity index (χ1) is 10.3. The van der Waals surface area contributed by atoms with Gasteiger partial charge in [-0.1, -0.05) is 29.8 Å². The van der Waals surface area contributed by atoms with Crippen LogP contribution in [-0.4, -0.2) is 11.9 Å². The molecule has 1 aromatic carbocycles. The van der Waals surface area contributed by atoms with E-state index in [1.165, 1.54) is 0 Å². The number of anilines is 1. The van der Waals surface area contributed by atoms with Gasteiger partial charge in [0.05, 0.1) is 11.9 Å². The van der Waals surface area contributed by atoms with Crippen LogP contribution in [-0.2, 0) is 0 Å². The summed E-state index contributed by atoms with van der Waals surface area (Å²) in [7, 11) is 0. The highest BCUT2D eigenvalue weighted by molar-refractivity contribution is 7.14. The highest BCUT2D eigenvalue weighted by Crippen LogP contribution is 2.39. The predicted octanol–water partition coefficient (Wildman–Crippen LogP) is 4.67. The molecule has 0 fully saturated rings. The standard InChI is InChI=1S/C15H11ClN4S/c1-9-18-19-13-8-17-14(10-4-2-3-5-12(10)16)11-6-7-21-15(11)20(9)13/h2-9H,1H3. The predicted molar refractivity (Wildman–Crippen MR) is 86.3 cm³/mol. The third kappa shape index (κ3) is 1.92. The summed E-state index contributed by atoms with van der Waals surface area (Å²) in [6, 6.07) is 9.83. The first kappa shape index (κ1) is 12.7. The van der Waals surface area contributed by atoms with E-state index in [9.17, 15) is 0 Å². The zero-order valence-corrected chi connectivity index (χ0v) is 12.8. The Morgan fingerprint density at radius 1 is 1.19 bits per heavy atom. The van der Waals surface area contributed by atoms with E-state index in [2.05, 4.69) is 31.6 Å². The van der Waals surface area contributed by atoms with Crippen molar-refractivity contribution < 1.29 is 0 Å². The topological polar surface area (TPSA) is 40.3 Å². The lowest BCUT2D eigenvalue weighted by molar-refractivity contribution is 0.770. The van der Waals surface area contributed by atoms with Crippen LogP contribution in [0.2, 0.25) is 5.02 Å². The van der Waals surface area contributed by atoms with Crippen molar-refractivity contribution in [3.05, 3.63) is 63.9 Å². The van der Waals surface area contributed by atoms with Gasteiger partial charge in [0, 0.05) is 16.1 Å². The van der Waals surface area contributed by atoms with Crippen molar-refractivity contribution in [3.8, 4) is 0 Å². The van der Waals surface area contributed by atoms with E-state index in [0.717, 1.165) is 27.7 Å². The van der Waals surface area contributed by atoms with Crippen LogP contribution in [0.4, 0.5) is 5.00 Å². The number of rotatable bonds is 1. The van der Waals surface area contributed by atoms with E-state index in [1.54, 1.807) is 17.5 Å². The average Bonchev–Trinajstić information content (AvgIpc) is 3.05. The van der Waals surface area contributed by atoms with Crippen molar-refractivity contribution >= 4 is 33.7 Å². The van der Waals surface area contributed by atoms with Gasteiger partial charge in [-0.2, -0.15) is 5.11 Å². The largest absolute Gasteiger partial charge is 0.290 e. The molecule has 1 atom stereocenters. The van der Waals surface area contributed by atoms with Crippen LogP contribution in [0.15, 0.2) is 63.0 Å². The van der Waals surface area contributed by atoms with Crippen LogP contribution in [0.3, 0.4) is 0 Å². The fourth-order valence-corrected chi connectivity index (χ4v) is 3.73. The molecule has 0 amide bonds. The second kappa shape index (κ2) is 4.79. The van der Waals surface area contributed by atoms with Crippen molar-refractivity contribution in [2.45, 2.75) is 13.1 Å². The Balaban J connectivity index is 1.94. The molecule has 104 valence electrons. The van der Waals surface area contributed by atoms with Gasteiger partial charge in [0.1, 0.15) is 11.2 Å². The maximum atomic E-state index is 6.34. The van der Waals surface area contributed by atoms with E-state index >= 15 is 0 Å². The summed E-state index contributed by atoms with van der Waals surface area (Å²) in [6.45, 7) is 2.02. The Bertz CT molecular complexity index is 806. The normalized spacial score (nSPS) is 19.7. The second-order valence-electron chi connectivity index (χ2n) is 4.80. The molecule has 3 heterocycles. The smallest absolute Gasteiger partial charge is 0.176 e. The summed E-state index contributed by atoms with van der Waals surface area (Å²) >= 11 is 8.00. The molecule has 2 aliphatic rings. The Kier molecular flexibility index (Phi) is 2.90. The summed E-state index contributed by atoms with van der Waals surface area (Å²) in [5.41, 5.74) is 2.88. The van der Waals surface area contributed by atoms with Gasteiger partial charge in [0.2, 0.25) is 0 Å². The zero-order chi connectivity index (χ0) is 14.4. The molecular formula is C15H11ClN4S. The van der Waals surface area contributed by atoms with Crippen molar-refractivity contribution in [1.29, 1.82) is 0 Å². The third-order valence-corrected chi connectivity index (χ3v) is 4.75. The maximum absolute atomic E-state index is 6.34. The minimum absolute atomic E-state index is 0.00514. The number of nitrogens with zero attached hydrogens (tertiary/aromatic N) is 4. The average molecular weight is 315 g/mol. The molecule has 4 nitrogen and oxygen atoms in total. The lowest BCUT2D eigenvalue weighted by atomic mass is 10.0. The van der Waals surface area contributed by atoms with Gasteiger partial charge in [-0.25, -0.2) is 0 Å². The van der Waals surface area contributed by atoms with E-state index in [0.29, 0.717) is 5.02 Å². The van der Waals surface area contributed by atoms with Crippen molar-refractivity contribution in [3.63, 3.8) is 0 Å². The summed E-state index contributed by atoms with van der Waals surface area (Å²) < 4.78 is 0. The molecule has 0 spiro atoms. The molecule has 4 rings (SSSR count). The molecule has 0 saturated carbocycles. The van der Waals surface area contributed by atoms with Crippen LogP contribution < -0.4 is 4.90 Å². The van der Waals surface area contributed by atoms with E-state index in [-0.39, 0.29) is 6.17 Å². The summed E-state index contributed by atoms with van der Waals surface area (Å²) in [4.78, 5) is 6.73. The molecule has 6 heteroatoms. The fourth-order valence-electron chi connectivity index (χ4n) is 2.52. The zero-order valence-electron chi connectivity index (χ0n) is 11.2. The molecule has 1 aromatic heterocycles. The first-order valence-corrected chi connectivity index (χ1v) is 7.82. The SMILES string of the molecule is CC1N=NC2=CN=C(c3ccccc3Cl)c3ccsc3N21. The molecule has 0 bridgehead atoms. The van der Waals surface area contributed by atoms with E-state index in [4.69, 9.17) is 11.6 Å². The van der Waals surface area contributed by atoms with Gasteiger partial charge in [0.25, 0.3) is 0 Å². The van der Waals surface area contributed by atoms with E-state index in [1.807, 2.05) is 31.2 Å². The van der Waals surface area contributed by atoms with Crippen LogP contribution in [0.25, 0.3) is 0 Å². The molecule has 0 N–H and O–H groups in total. The van der Waals surface area contributed by atoms with E-state index < -0.39 is 0 Å². The van der Waals surface area contributed by atoms with Crippen LogP contribution in [0.5, 0.6) is 0 Å². The molecule has 2 aromatic rings.